The first-order valence-electron chi connectivity index (χ1n) is 8.96. The van der Waals surface area contributed by atoms with Crippen LogP contribution in [-0.4, -0.2) is 24.6 Å². The van der Waals surface area contributed by atoms with Crippen LogP contribution in [0.3, 0.4) is 0 Å². The molecule has 0 aliphatic heterocycles. The van der Waals surface area contributed by atoms with E-state index in [-0.39, 0.29) is 16.6 Å². The summed E-state index contributed by atoms with van der Waals surface area (Å²) in [5.41, 5.74) is 2.54. The predicted octanol–water partition coefficient (Wildman–Crippen LogP) is 4.10. The zero-order chi connectivity index (χ0) is 21.0. The van der Waals surface area contributed by atoms with Crippen LogP contribution in [0.5, 0.6) is 0 Å². The molecule has 0 aliphatic carbocycles. The van der Waals surface area contributed by atoms with Crippen molar-refractivity contribution in [3.63, 3.8) is 0 Å². The molecule has 3 aromatic rings. The first kappa shape index (κ1) is 20.5. The van der Waals surface area contributed by atoms with E-state index in [2.05, 4.69) is 10.3 Å². The molecule has 0 amide bonds. The quantitative estimate of drug-likeness (QED) is 0.464. The number of nitro benzene ring substituents is 1. The van der Waals surface area contributed by atoms with Gasteiger partial charge in [-0.3, -0.25) is 15.1 Å². The highest BCUT2D eigenvalue weighted by molar-refractivity contribution is 7.90. The van der Waals surface area contributed by atoms with Crippen LogP contribution in [0.1, 0.15) is 22.9 Å². The van der Waals surface area contributed by atoms with Gasteiger partial charge in [-0.1, -0.05) is 42.0 Å². The Hall–Kier alpha value is -3.26. The van der Waals surface area contributed by atoms with Gasteiger partial charge in [0.1, 0.15) is 10.6 Å². The van der Waals surface area contributed by atoms with Gasteiger partial charge in [-0.2, -0.15) is 0 Å². The highest BCUT2D eigenvalue weighted by atomic mass is 32.2. The van der Waals surface area contributed by atoms with Gasteiger partial charge in [-0.05, 0) is 43.2 Å². The fourth-order valence-electron chi connectivity index (χ4n) is 3.09. The van der Waals surface area contributed by atoms with Gasteiger partial charge in [0.15, 0.2) is 9.84 Å². The van der Waals surface area contributed by atoms with Gasteiger partial charge >= 0.3 is 5.69 Å². The van der Waals surface area contributed by atoms with Gasteiger partial charge in [0.25, 0.3) is 0 Å². The van der Waals surface area contributed by atoms with E-state index in [1.54, 1.807) is 12.3 Å². The number of nitro groups is 1. The van der Waals surface area contributed by atoms with E-state index in [4.69, 9.17) is 0 Å². The number of rotatable bonds is 7. The molecule has 1 aromatic heterocycles. The molecule has 150 valence electrons. The Morgan fingerprint density at radius 3 is 2.38 bits per heavy atom. The smallest absolute Gasteiger partial charge is 0.310 e. The SMILES string of the molecule is Cc1ccc(CC(Nc2cccc(S(C)(=O)=O)c2[N+](=O)[O-])c2ccccn2)cc1. The minimum Gasteiger partial charge on any atom is -0.371 e. The second-order valence-corrected chi connectivity index (χ2v) is 8.81. The summed E-state index contributed by atoms with van der Waals surface area (Å²) in [6, 6.07) is 17.3. The van der Waals surface area contributed by atoms with Crippen LogP contribution in [0.4, 0.5) is 11.4 Å². The summed E-state index contributed by atoms with van der Waals surface area (Å²) >= 11 is 0. The number of pyridine rings is 1. The second-order valence-electron chi connectivity index (χ2n) is 6.82. The molecule has 1 heterocycles. The van der Waals surface area contributed by atoms with E-state index >= 15 is 0 Å². The highest BCUT2D eigenvalue weighted by Gasteiger charge is 2.27. The van der Waals surface area contributed by atoms with Crippen molar-refractivity contribution >= 4 is 21.2 Å². The van der Waals surface area contributed by atoms with Crippen LogP contribution >= 0.6 is 0 Å². The van der Waals surface area contributed by atoms with Crippen molar-refractivity contribution in [1.82, 2.24) is 4.98 Å². The fourth-order valence-corrected chi connectivity index (χ4v) is 3.95. The maximum Gasteiger partial charge on any atom is 0.310 e. The number of nitrogens with one attached hydrogen (secondary N) is 1. The van der Waals surface area contributed by atoms with E-state index in [1.165, 1.54) is 18.2 Å². The molecular formula is C21H21N3O4S. The fraction of sp³-hybridized carbons (Fsp3) is 0.190. The van der Waals surface area contributed by atoms with E-state index in [0.29, 0.717) is 12.1 Å². The van der Waals surface area contributed by atoms with Crippen LogP contribution in [-0.2, 0) is 16.3 Å². The summed E-state index contributed by atoms with van der Waals surface area (Å²) in [5, 5.41) is 14.8. The minimum atomic E-state index is -3.76. The van der Waals surface area contributed by atoms with Gasteiger partial charge < -0.3 is 5.32 Å². The second kappa shape index (κ2) is 8.40. The molecule has 29 heavy (non-hydrogen) atoms. The van der Waals surface area contributed by atoms with Crippen molar-refractivity contribution in [2.24, 2.45) is 0 Å². The standard InChI is InChI=1S/C21H21N3O4S/c1-15-9-11-16(12-10-15)14-19(17-6-3-4-13-22-17)23-18-7-5-8-20(29(2,27)28)21(18)24(25)26/h3-13,19,23H,14H2,1-2H3. The number of anilines is 1. The number of nitrogens with zero attached hydrogens (tertiary/aromatic N) is 2. The third-order valence-electron chi connectivity index (χ3n) is 4.52. The maximum atomic E-state index is 12.0. The summed E-state index contributed by atoms with van der Waals surface area (Å²) in [6.45, 7) is 2.00. The lowest BCUT2D eigenvalue weighted by Crippen LogP contribution is -2.17. The molecule has 0 saturated carbocycles. The first-order chi connectivity index (χ1) is 13.8. The Labute approximate surface area is 169 Å². The monoisotopic (exact) mass is 411 g/mol. The van der Waals surface area contributed by atoms with Crippen LogP contribution in [0, 0.1) is 17.0 Å². The largest absolute Gasteiger partial charge is 0.371 e. The maximum absolute atomic E-state index is 12.0. The predicted molar refractivity (Wildman–Crippen MR) is 112 cm³/mol. The van der Waals surface area contributed by atoms with Crippen LogP contribution in [0.25, 0.3) is 0 Å². The average Bonchev–Trinajstić information content (AvgIpc) is 2.69. The molecule has 0 aliphatic rings. The third-order valence-corrected chi connectivity index (χ3v) is 5.64. The average molecular weight is 411 g/mol. The highest BCUT2D eigenvalue weighted by Crippen LogP contribution is 2.34. The molecule has 0 radical (unpaired) electrons. The third kappa shape index (κ3) is 4.97. The summed E-state index contributed by atoms with van der Waals surface area (Å²) in [5.74, 6) is 0. The number of benzene rings is 2. The Morgan fingerprint density at radius 1 is 1.07 bits per heavy atom. The molecule has 0 spiro atoms. The topological polar surface area (TPSA) is 102 Å². The molecule has 7 nitrogen and oxygen atoms in total. The zero-order valence-electron chi connectivity index (χ0n) is 16.1. The lowest BCUT2D eigenvalue weighted by Gasteiger charge is -2.20. The van der Waals surface area contributed by atoms with Crippen molar-refractivity contribution < 1.29 is 13.3 Å². The molecular weight excluding hydrogens is 390 g/mol. The zero-order valence-corrected chi connectivity index (χ0v) is 16.9. The normalized spacial score (nSPS) is 12.3. The Kier molecular flexibility index (Phi) is 5.93. The van der Waals surface area contributed by atoms with E-state index in [1.807, 2.05) is 43.3 Å². The van der Waals surface area contributed by atoms with Crippen molar-refractivity contribution in [3.8, 4) is 0 Å². The van der Waals surface area contributed by atoms with E-state index in [9.17, 15) is 18.5 Å². The van der Waals surface area contributed by atoms with Gasteiger partial charge in [-0.15, -0.1) is 0 Å². The van der Waals surface area contributed by atoms with E-state index < -0.39 is 20.4 Å². The number of para-hydroxylation sites is 1. The molecule has 1 N–H and O–H groups in total. The van der Waals surface area contributed by atoms with Crippen LogP contribution < -0.4 is 5.32 Å². The number of hydrogen-bond donors (Lipinski definition) is 1. The number of aromatic nitrogens is 1. The first-order valence-corrected chi connectivity index (χ1v) is 10.9. The van der Waals surface area contributed by atoms with Gasteiger partial charge in [0.2, 0.25) is 0 Å². The molecule has 2 aromatic carbocycles. The summed E-state index contributed by atoms with van der Waals surface area (Å²) < 4.78 is 24.1. The lowest BCUT2D eigenvalue weighted by atomic mass is 10.0. The van der Waals surface area contributed by atoms with Gasteiger partial charge in [-0.25, -0.2) is 8.42 Å². The number of hydrogen-bond acceptors (Lipinski definition) is 6. The molecule has 3 rings (SSSR count). The molecule has 0 saturated heterocycles. The Balaban J connectivity index is 2.04. The summed E-state index contributed by atoms with van der Waals surface area (Å²) in [7, 11) is -3.76. The van der Waals surface area contributed by atoms with Crippen molar-refractivity contribution in [1.29, 1.82) is 0 Å². The Bertz CT molecular complexity index is 1110. The molecule has 0 bridgehead atoms. The van der Waals surface area contributed by atoms with Crippen LogP contribution in [0.15, 0.2) is 71.8 Å². The van der Waals surface area contributed by atoms with E-state index in [0.717, 1.165) is 17.4 Å². The number of aryl methyl sites for hydroxylation is 1. The summed E-state index contributed by atoms with van der Waals surface area (Å²) in [4.78, 5) is 15.1. The minimum absolute atomic E-state index is 0.140. The van der Waals surface area contributed by atoms with Crippen molar-refractivity contribution in [2.75, 3.05) is 11.6 Å². The Morgan fingerprint density at radius 2 is 1.79 bits per heavy atom. The summed E-state index contributed by atoms with van der Waals surface area (Å²) in [6.07, 6.45) is 3.14. The van der Waals surface area contributed by atoms with Gasteiger partial charge in [0.05, 0.1) is 16.7 Å². The molecule has 8 heteroatoms. The van der Waals surface area contributed by atoms with Crippen molar-refractivity contribution in [2.45, 2.75) is 24.3 Å². The molecule has 0 fully saturated rings. The molecule has 1 atom stereocenters. The van der Waals surface area contributed by atoms with Gasteiger partial charge in [0, 0.05) is 12.5 Å². The van der Waals surface area contributed by atoms with Crippen molar-refractivity contribution in [3.05, 3.63) is 93.8 Å². The number of sulfone groups is 1. The lowest BCUT2D eigenvalue weighted by molar-refractivity contribution is -0.386. The molecule has 1 unspecified atom stereocenters. The van der Waals surface area contributed by atoms with Crippen LogP contribution in [0.2, 0.25) is 0 Å².